The molecule has 0 aromatic carbocycles. The Morgan fingerprint density at radius 2 is 1.85 bits per heavy atom. The first-order valence-corrected chi connectivity index (χ1v) is 6.47. The van der Waals surface area contributed by atoms with Gasteiger partial charge in [0, 0.05) is 18.0 Å². The van der Waals surface area contributed by atoms with Crippen LogP contribution in [-0.2, 0) is 0 Å². The molecular weight excluding hydrogens is 278 g/mol. The molecule has 102 valence electrons. The normalized spacial score (nSPS) is 11.2. The SMILES string of the molecule is C/C(=N/NC(=O)c1ccncc1)c1ccc(C(=O)O)s1. The molecular formula is C13H11N3O3S. The summed E-state index contributed by atoms with van der Waals surface area (Å²) in [6.45, 7) is 1.70. The summed E-state index contributed by atoms with van der Waals surface area (Å²) in [7, 11) is 0. The zero-order chi connectivity index (χ0) is 14.5. The van der Waals surface area contributed by atoms with Crippen molar-refractivity contribution in [3.63, 3.8) is 0 Å². The lowest BCUT2D eigenvalue weighted by molar-refractivity contribution is 0.0702. The van der Waals surface area contributed by atoms with Gasteiger partial charge in [0.2, 0.25) is 0 Å². The Kier molecular flexibility index (Phi) is 4.21. The highest BCUT2D eigenvalue weighted by molar-refractivity contribution is 7.15. The van der Waals surface area contributed by atoms with Gasteiger partial charge in [-0.3, -0.25) is 9.78 Å². The van der Waals surface area contributed by atoms with Crippen molar-refractivity contribution in [2.24, 2.45) is 5.10 Å². The van der Waals surface area contributed by atoms with Crippen LogP contribution in [0.5, 0.6) is 0 Å². The minimum atomic E-state index is -0.977. The maximum atomic E-state index is 11.8. The molecule has 6 nitrogen and oxygen atoms in total. The number of nitrogens with zero attached hydrogens (tertiary/aromatic N) is 2. The summed E-state index contributed by atoms with van der Waals surface area (Å²) in [4.78, 5) is 27.3. The minimum absolute atomic E-state index is 0.231. The van der Waals surface area contributed by atoms with E-state index >= 15 is 0 Å². The number of aromatic nitrogens is 1. The summed E-state index contributed by atoms with van der Waals surface area (Å²) in [6, 6.07) is 6.32. The summed E-state index contributed by atoms with van der Waals surface area (Å²) in [5.74, 6) is -1.32. The second-order valence-electron chi connectivity index (χ2n) is 3.84. The van der Waals surface area contributed by atoms with Crippen molar-refractivity contribution in [3.8, 4) is 0 Å². The van der Waals surface area contributed by atoms with Crippen molar-refractivity contribution in [2.75, 3.05) is 0 Å². The van der Waals surface area contributed by atoms with Crippen molar-refractivity contribution in [3.05, 3.63) is 52.0 Å². The lowest BCUT2D eigenvalue weighted by Gasteiger charge is -2.00. The van der Waals surface area contributed by atoms with Crippen molar-refractivity contribution in [1.82, 2.24) is 10.4 Å². The van der Waals surface area contributed by atoms with Crippen LogP contribution in [0.1, 0.15) is 31.8 Å². The fraction of sp³-hybridized carbons (Fsp3) is 0.0769. The fourth-order valence-electron chi connectivity index (χ4n) is 1.40. The number of hydrogen-bond donors (Lipinski definition) is 2. The van der Waals surface area contributed by atoms with Crippen LogP contribution in [0.3, 0.4) is 0 Å². The molecule has 2 rings (SSSR count). The molecule has 2 N–H and O–H groups in total. The molecule has 0 saturated heterocycles. The van der Waals surface area contributed by atoms with Crippen molar-refractivity contribution in [2.45, 2.75) is 6.92 Å². The molecule has 0 aliphatic rings. The van der Waals surface area contributed by atoms with Gasteiger partial charge >= 0.3 is 5.97 Å². The van der Waals surface area contributed by atoms with Crippen LogP contribution in [0.15, 0.2) is 41.8 Å². The number of aromatic carboxylic acids is 1. The number of hydrazone groups is 1. The lowest BCUT2D eigenvalue weighted by Crippen LogP contribution is -2.19. The highest BCUT2D eigenvalue weighted by atomic mass is 32.1. The monoisotopic (exact) mass is 289 g/mol. The molecule has 2 aromatic rings. The van der Waals surface area contributed by atoms with Crippen molar-refractivity contribution < 1.29 is 14.7 Å². The number of rotatable bonds is 4. The molecule has 0 saturated carbocycles. The molecule has 0 atom stereocenters. The standard InChI is InChI=1S/C13H11N3O3S/c1-8(10-2-3-11(20-10)13(18)19)15-16-12(17)9-4-6-14-7-5-9/h2-7H,1H3,(H,16,17)(H,18,19)/b15-8-. The summed E-state index contributed by atoms with van der Waals surface area (Å²) >= 11 is 1.10. The van der Waals surface area contributed by atoms with Crippen LogP contribution >= 0.6 is 11.3 Å². The van der Waals surface area contributed by atoms with Gasteiger partial charge in [-0.1, -0.05) is 0 Å². The van der Waals surface area contributed by atoms with Crippen LogP contribution in [0.2, 0.25) is 0 Å². The molecule has 0 bridgehead atoms. The van der Waals surface area contributed by atoms with Gasteiger partial charge in [0.05, 0.1) is 10.6 Å². The van der Waals surface area contributed by atoms with E-state index < -0.39 is 5.97 Å². The van der Waals surface area contributed by atoms with E-state index in [2.05, 4.69) is 15.5 Å². The third-order valence-electron chi connectivity index (χ3n) is 2.44. The zero-order valence-electron chi connectivity index (χ0n) is 10.5. The van der Waals surface area contributed by atoms with Crippen molar-refractivity contribution in [1.29, 1.82) is 0 Å². The van der Waals surface area contributed by atoms with Gasteiger partial charge in [-0.2, -0.15) is 5.10 Å². The minimum Gasteiger partial charge on any atom is -0.477 e. The number of nitrogens with one attached hydrogen (secondary N) is 1. The highest BCUT2D eigenvalue weighted by Crippen LogP contribution is 2.17. The summed E-state index contributed by atoms with van der Waals surface area (Å²) in [6.07, 6.45) is 3.04. The molecule has 0 aliphatic heterocycles. The van der Waals surface area contributed by atoms with E-state index in [1.54, 1.807) is 25.1 Å². The van der Waals surface area contributed by atoms with Gasteiger partial charge in [0.15, 0.2) is 0 Å². The predicted octanol–water partition coefficient (Wildman–Crippen LogP) is 2.00. The Balaban J connectivity index is 2.07. The number of pyridine rings is 1. The topological polar surface area (TPSA) is 91.7 Å². The maximum Gasteiger partial charge on any atom is 0.345 e. The zero-order valence-corrected chi connectivity index (χ0v) is 11.3. The molecule has 20 heavy (non-hydrogen) atoms. The van der Waals surface area contributed by atoms with Gasteiger partial charge in [0.25, 0.3) is 5.91 Å². The molecule has 0 radical (unpaired) electrons. The van der Waals surface area contributed by atoms with Crippen molar-refractivity contribution >= 4 is 28.9 Å². The molecule has 0 fully saturated rings. The van der Waals surface area contributed by atoms with E-state index in [1.165, 1.54) is 18.5 Å². The Bertz CT molecular complexity index is 665. The van der Waals surface area contributed by atoms with Gasteiger partial charge in [-0.15, -0.1) is 11.3 Å². The number of carboxylic acids is 1. The van der Waals surface area contributed by atoms with Gasteiger partial charge in [0.1, 0.15) is 4.88 Å². The summed E-state index contributed by atoms with van der Waals surface area (Å²) in [5.41, 5.74) is 3.42. The van der Waals surface area contributed by atoms with E-state index in [0.717, 1.165) is 11.3 Å². The van der Waals surface area contributed by atoms with Gasteiger partial charge in [-0.05, 0) is 31.2 Å². The third kappa shape index (κ3) is 3.27. The average molecular weight is 289 g/mol. The molecule has 2 aromatic heterocycles. The van der Waals surface area contributed by atoms with Crippen LogP contribution in [0, 0.1) is 0 Å². The van der Waals surface area contributed by atoms with E-state index in [1.807, 2.05) is 0 Å². The van der Waals surface area contributed by atoms with E-state index in [4.69, 9.17) is 5.11 Å². The third-order valence-corrected chi connectivity index (χ3v) is 3.62. The molecule has 0 spiro atoms. The summed E-state index contributed by atoms with van der Waals surface area (Å²) in [5, 5.41) is 12.8. The number of hydrogen-bond acceptors (Lipinski definition) is 5. The van der Waals surface area contributed by atoms with Gasteiger partial charge < -0.3 is 5.11 Å². The second-order valence-corrected chi connectivity index (χ2v) is 4.93. The summed E-state index contributed by atoms with van der Waals surface area (Å²) < 4.78 is 0. The first-order chi connectivity index (χ1) is 9.58. The second kappa shape index (κ2) is 6.07. The molecule has 0 unspecified atom stereocenters. The Morgan fingerprint density at radius 1 is 1.20 bits per heavy atom. The van der Waals surface area contributed by atoms with Gasteiger partial charge in [-0.25, -0.2) is 10.2 Å². The molecule has 7 heteroatoms. The van der Waals surface area contributed by atoms with Crippen LogP contribution < -0.4 is 5.43 Å². The Hall–Kier alpha value is -2.54. The Labute approximate surface area is 118 Å². The first kappa shape index (κ1) is 13.9. The molecule has 0 aliphatic carbocycles. The molecule has 2 heterocycles. The number of carbonyl (C=O) groups excluding carboxylic acids is 1. The van der Waals surface area contributed by atoms with Crippen LogP contribution in [0.25, 0.3) is 0 Å². The fourth-order valence-corrected chi connectivity index (χ4v) is 2.19. The lowest BCUT2D eigenvalue weighted by atomic mass is 10.2. The first-order valence-electron chi connectivity index (χ1n) is 5.66. The highest BCUT2D eigenvalue weighted by Gasteiger charge is 2.09. The number of amides is 1. The number of thiophene rings is 1. The average Bonchev–Trinajstić information content (AvgIpc) is 2.95. The van der Waals surface area contributed by atoms with E-state index in [0.29, 0.717) is 16.2 Å². The van der Waals surface area contributed by atoms with Crippen LogP contribution in [-0.4, -0.2) is 27.7 Å². The quantitative estimate of drug-likeness (QED) is 0.665. The van der Waals surface area contributed by atoms with E-state index in [9.17, 15) is 9.59 Å². The Morgan fingerprint density at radius 3 is 2.45 bits per heavy atom. The number of carboxylic acid groups (broad SMARTS) is 1. The van der Waals surface area contributed by atoms with Crippen LogP contribution in [0.4, 0.5) is 0 Å². The number of carbonyl (C=O) groups is 2. The molecule has 1 amide bonds. The predicted molar refractivity (Wildman–Crippen MR) is 75.2 cm³/mol. The van der Waals surface area contributed by atoms with E-state index in [-0.39, 0.29) is 10.8 Å². The smallest absolute Gasteiger partial charge is 0.345 e. The maximum absolute atomic E-state index is 11.8. The largest absolute Gasteiger partial charge is 0.477 e.